The van der Waals surface area contributed by atoms with Crippen molar-refractivity contribution >= 4 is 34.6 Å². The van der Waals surface area contributed by atoms with Crippen LogP contribution < -0.4 is 20.3 Å². The van der Waals surface area contributed by atoms with Crippen LogP contribution >= 0.6 is 23.8 Å². The SMILES string of the molecule is CC[NH+](CC)[C@@H](CNC(=S)Nc1ccc(OC)cc1)c1ccccc1Cl. The first-order valence-corrected chi connectivity index (χ1v) is 9.65. The molecule has 26 heavy (non-hydrogen) atoms. The number of ether oxygens (including phenoxy) is 1. The van der Waals surface area contributed by atoms with Crippen molar-refractivity contribution in [2.75, 3.05) is 32.1 Å². The summed E-state index contributed by atoms with van der Waals surface area (Å²) >= 11 is 11.9. The van der Waals surface area contributed by atoms with Gasteiger partial charge in [0.15, 0.2) is 5.11 Å². The van der Waals surface area contributed by atoms with Gasteiger partial charge in [-0.2, -0.15) is 0 Å². The van der Waals surface area contributed by atoms with Crippen molar-refractivity contribution in [1.29, 1.82) is 0 Å². The Morgan fingerprint density at radius 2 is 1.77 bits per heavy atom. The number of nitrogens with one attached hydrogen (secondary N) is 3. The predicted molar refractivity (Wildman–Crippen MR) is 113 cm³/mol. The molecule has 140 valence electrons. The molecule has 0 saturated heterocycles. The summed E-state index contributed by atoms with van der Waals surface area (Å²) in [6, 6.07) is 15.9. The second kappa shape index (κ2) is 10.4. The van der Waals surface area contributed by atoms with Gasteiger partial charge in [-0.05, 0) is 56.4 Å². The van der Waals surface area contributed by atoms with Crippen LogP contribution in [-0.2, 0) is 0 Å². The van der Waals surface area contributed by atoms with Crippen LogP contribution in [0.15, 0.2) is 48.5 Å². The first kappa shape index (κ1) is 20.5. The van der Waals surface area contributed by atoms with Crippen LogP contribution in [0.25, 0.3) is 0 Å². The largest absolute Gasteiger partial charge is 0.497 e. The Balaban J connectivity index is 2.03. The number of thiocarbonyl (C=S) groups is 1. The van der Waals surface area contributed by atoms with Gasteiger partial charge >= 0.3 is 0 Å². The smallest absolute Gasteiger partial charge is 0.171 e. The molecule has 3 N–H and O–H groups in total. The van der Waals surface area contributed by atoms with E-state index in [1.807, 2.05) is 42.5 Å². The van der Waals surface area contributed by atoms with Gasteiger partial charge in [0, 0.05) is 16.3 Å². The monoisotopic (exact) mass is 392 g/mol. The quantitative estimate of drug-likeness (QED) is 0.602. The lowest BCUT2D eigenvalue weighted by Gasteiger charge is -2.28. The maximum Gasteiger partial charge on any atom is 0.171 e. The number of anilines is 1. The first-order valence-electron chi connectivity index (χ1n) is 8.86. The van der Waals surface area contributed by atoms with E-state index in [0.29, 0.717) is 11.7 Å². The average Bonchev–Trinajstić information content (AvgIpc) is 2.66. The Labute approximate surface area is 166 Å². The normalized spacial score (nSPS) is 11.9. The Kier molecular flexibility index (Phi) is 8.16. The average molecular weight is 393 g/mol. The number of benzene rings is 2. The summed E-state index contributed by atoms with van der Waals surface area (Å²) in [4.78, 5) is 1.46. The third-order valence-corrected chi connectivity index (χ3v) is 5.09. The lowest BCUT2D eigenvalue weighted by molar-refractivity contribution is -0.927. The molecular formula is C20H27ClN3OS+. The number of methoxy groups -OCH3 is 1. The number of rotatable bonds is 8. The highest BCUT2D eigenvalue weighted by molar-refractivity contribution is 7.80. The molecule has 2 aromatic carbocycles. The Hall–Kier alpha value is -1.82. The van der Waals surface area contributed by atoms with Crippen molar-refractivity contribution in [2.24, 2.45) is 0 Å². The van der Waals surface area contributed by atoms with Gasteiger partial charge < -0.3 is 20.3 Å². The van der Waals surface area contributed by atoms with E-state index < -0.39 is 0 Å². The molecule has 0 aliphatic carbocycles. The zero-order chi connectivity index (χ0) is 18.9. The van der Waals surface area contributed by atoms with E-state index in [0.717, 1.165) is 35.1 Å². The van der Waals surface area contributed by atoms with Crippen LogP contribution in [0.1, 0.15) is 25.5 Å². The minimum Gasteiger partial charge on any atom is -0.497 e. The fraction of sp³-hybridized carbons (Fsp3) is 0.350. The summed E-state index contributed by atoms with van der Waals surface area (Å²) < 4.78 is 5.17. The third-order valence-electron chi connectivity index (χ3n) is 4.50. The van der Waals surface area contributed by atoms with Crippen molar-refractivity contribution in [3.8, 4) is 5.75 Å². The fourth-order valence-corrected chi connectivity index (χ4v) is 3.49. The Bertz CT molecular complexity index is 704. The van der Waals surface area contributed by atoms with Gasteiger partial charge in [-0.1, -0.05) is 29.8 Å². The highest BCUT2D eigenvalue weighted by atomic mass is 35.5. The maximum absolute atomic E-state index is 6.45. The van der Waals surface area contributed by atoms with E-state index in [2.05, 4.69) is 30.5 Å². The summed E-state index contributed by atoms with van der Waals surface area (Å²) in [5, 5.41) is 7.95. The molecule has 2 aromatic rings. The highest BCUT2D eigenvalue weighted by Gasteiger charge is 2.24. The molecule has 0 radical (unpaired) electrons. The van der Waals surface area contributed by atoms with Crippen LogP contribution in [-0.4, -0.2) is 31.9 Å². The zero-order valence-electron chi connectivity index (χ0n) is 15.5. The fourth-order valence-electron chi connectivity index (χ4n) is 3.02. The standard InChI is InChI=1S/C20H26ClN3OS/c1-4-24(5-2)19(17-8-6-7-9-18(17)21)14-22-20(26)23-15-10-12-16(25-3)13-11-15/h6-13,19H,4-5,14H2,1-3H3,(H2,22,23,26)/p+1/t19-/m0/s1. The summed E-state index contributed by atoms with van der Waals surface area (Å²) in [6.45, 7) is 7.13. The van der Waals surface area contributed by atoms with Crippen molar-refractivity contribution < 1.29 is 9.64 Å². The van der Waals surface area contributed by atoms with Gasteiger partial charge in [0.05, 0.1) is 26.7 Å². The number of hydrogen-bond donors (Lipinski definition) is 3. The van der Waals surface area contributed by atoms with Gasteiger partial charge in [-0.15, -0.1) is 0 Å². The molecular weight excluding hydrogens is 366 g/mol. The third kappa shape index (κ3) is 5.59. The molecule has 0 amide bonds. The summed E-state index contributed by atoms with van der Waals surface area (Å²) in [7, 11) is 1.65. The molecule has 4 nitrogen and oxygen atoms in total. The molecule has 0 fully saturated rings. The number of quaternary nitrogens is 1. The van der Waals surface area contributed by atoms with Crippen LogP contribution in [0.3, 0.4) is 0 Å². The molecule has 0 saturated carbocycles. The van der Waals surface area contributed by atoms with E-state index in [4.69, 9.17) is 28.6 Å². The summed E-state index contributed by atoms with van der Waals surface area (Å²) in [6.07, 6.45) is 0. The van der Waals surface area contributed by atoms with Crippen molar-refractivity contribution in [2.45, 2.75) is 19.9 Å². The van der Waals surface area contributed by atoms with Crippen LogP contribution in [0, 0.1) is 0 Å². The maximum atomic E-state index is 6.45. The zero-order valence-corrected chi connectivity index (χ0v) is 17.1. The second-order valence-electron chi connectivity index (χ2n) is 6.00. The minimum absolute atomic E-state index is 0.231. The van der Waals surface area contributed by atoms with Crippen LogP contribution in [0.5, 0.6) is 5.75 Å². The number of likely N-dealkylation sites (N-methyl/N-ethyl adjacent to an activating group) is 1. The molecule has 0 aromatic heterocycles. The topological polar surface area (TPSA) is 37.7 Å². The number of halogens is 1. The van der Waals surface area contributed by atoms with E-state index in [9.17, 15) is 0 Å². The summed E-state index contributed by atoms with van der Waals surface area (Å²) in [5.41, 5.74) is 2.07. The van der Waals surface area contributed by atoms with Crippen molar-refractivity contribution in [3.63, 3.8) is 0 Å². The van der Waals surface area contributed by atoms with Crippen molar-refractivity contribution in [1.82, 2.24) is 5.32 Å². The summed E-state index contributed by atoms with van der Waals surface area (Å²) in [5.74, 6) is 0.818. The molecule has 0 heterocycles. The van der Waals surface area contributed by atoms with E-state index in [-0.39, 0.29) is 6.04 Å². The molecule has 6 heteroatoms. The second-order valence-corrected chi connectivity index (χ2v) is 6.82. The van der Waals surface area contributed by atoms with E-state index in [1.165, 1.54) is 4.90 Å². The minimum atomic E-state index is 0.231. The van der Waals surface area contributed by atoms with Crippen LogP contribution in [0.4, 0.5) is 5.69 Å². The van der Waals surface area contributed by atoms with Crippen molar-refractivity contribution in [3.05, 3.63) is 59.1 Å². The molecule has 0 bridgehead atoms. The van der Waals surface area contributed by atoms with Gasteiger partial charge in [0.1, 0.15) is 11.8 Å². The predicted octanol–water partition coefficient (Wildman–Crippen LogP) is 3.30. The van der Waals surface area contributed by atoms with E-state index in [1.54, 1.807) is 7.11 Å². The molecule has 2 rings (SSSR count). The first-order chi connectivity index (χ1) is 12.6. The molecule has 0 spiro atoms. The lowest BCUT2D eigenvalue weighted by Crippen LogP contribution is -3.12. The lowest BCUT2D eigenvalue weighted by atomic mass is 10.0. The molecule has 0 unspecified atom stereocenters. The number of hydrogen-bond acceptors (Lipinski definition) is 2. The van der Waals surface area contributed by atoms with Gasteiger partial charge in [-0.25, -0.2) is 0 Å². The Morgan fingerprint density at radius 1 is 1.12 bits per heavy atom. The Morgan fingerprint density at radius 3 is 2.35 bits per heavy atom. The molecule has 0 aliphatic heterocycles. The molecule has 0 aliphatic rings. The van der Waals surface area contributed by atoms with E-state index >= 15 is 0 Å². The van der Waals surface area contributed by atoms with Gasteiger partial charge in [0.25, 0.3) is 0 Å². The highest BCUT2D eigenvalue weighted by Crippen LogP contribution is 2.20. The van der Waals surface area contributed by atoms with Gasteiger partial charge in [0.2, 0.25) is 0 Å². The molecule has 1 atom stereocenters. The van der Waals surface area contributed by atoms with Crippen LogP contribution in [0.2, 0.25) is 5.02 Å². The van der Waals surface area contributed by atoms with Gasteiger partial charge in [-0.3, -0.25) is 0 Å².